The van der Waals surface area contributed by atoms with Crippen LogP contribution >= 0.6 is 11.6 Å². The van der Waals surface area contributed by atoms with Gasteiger partial charge in [0, 0.05) is 35.9 Å². The van der Waals surface area contributed by atoms with Crippen LogP contribution in [0.4, 0.5) is 5.82 Å². The van der Waals surface area contributed by atoms with Gasteiger partial charge >= 0.3 is 0 Å². The van der Waals surface area contributed by atoms with E-state index in [1.54, 1.807) is 18.5 Å². The maximum atomic E-state index is 11.9. The fraction of sp³-hybridized carbons (Fsp3) is 0.200. The summed E-state index contributed by atoms with van der Waals surface area (Å²) in [6, 6.07) is 9.19. The molecule has 0 aliphatic rings. The number of aryl methyl sites for hydroxylation is 1. The molecule has 0 radical (unpaired) electrons. The van der Waals surface area contributed by atoms with E-state index in [2.05, 4.69) is 25.6 Å². The van der Waals surface area contributed by atoms with Crippen molar-refractivity contribution in [3.05, 3.63) is 71.0 Å². The number of nitrogens with zero attached hydrogens (tertiary/aromatic N) is 4. The Morgan fingerprint density at radius 1 is 1.18 bits per heavy atom. The number of nitrogens with one attached hydrogen (secondary N) is 2. The van der Waals surface area contributed by atoms with E-state index in [-0.39, 0.29) is 5.91 Å². The predicted molar refractivity (Wildman–Crippen MR) is 111 cm³/mol. The molecule has 0 bridgehead atoms. The summed E-state index contributed by atoms with van der Waals surface area (Å²) in [6.07, 6.45) is 6.39. The Morgan fingerprint density at radius 3 is 2.75 bits per heavy atom. The van der Waals surface area contributed by atoms with Crippen LogP contribution in [0.25, 0.3) is 11.9 Å². The Bertz CT molecular complexity index is 998. The minimum absolute atomic E-state index is 0.186. The van der Waals surface area contributed by atoms with Gasteiger partial charge in [-0.25, -0.2) is 15.0 Å². The van der Waals surface area contributed by atoms with E-state index in [0.717, 1.165) is 22.8 Å². The van der Waals surface area contributed by atoms with Gasteiger partial charge in [0.1, 0.15) is 24.3 Å². The van der Waals surface area contributed by atoms with E-state index in [9.17, 15) is 4.79 Å². The lowest BCUT2D eigenvalue weighted by atomic mass is 10.2. The SMILES string of the molecule is Cc1ncn(-c2cc(NCCNC(=O)/C=C/c3ccccc3Cl)ncn2)c1C. The van der Waals surface area contributed by atoms with Gasteiger partial charge in [-0.3, -0.25) is 9.36 Å². The summed E-state index contributed by atoms with van der Waals surface area (Å²) >= 11 is 6.06. The molecular weight excluding hydrogens is 376 g/mol. The number of carbonyl (C=O) groups excluding carboxylic acids is 1. The van der Waals surface area contributed by atoms with E-state index in [4.69, 9.17) is 11.6 Å². The molecule has 0 unspecified atom stereocenters. The number of aromatic nitrogens is 4. The van der Waals surface area contributed by atoms with Crippen LogP contribution < -0.4 is 10.6 Å². The fourth-order valence-corrected chi connectivity index (χ4v) is 2.71. The lowest BCUT2D eigenvalue weighted by Gasteiger charge is -2.09. The number of amides is 1. The smallest absolute Gasteiger partial charge is 0.244 e. The molecule has 2 heterocycles. The summed E-state index contributed by atoms with van der Waals surface area (Å²) in [7, 11) is 0. The topological polar surface area (TPSA) is 84.7 Å². The molecule has 0 fully saturated rings. The molecular formula is C20H21ClN6O. The van der Waals surface area contributed by atoms with Gasteiger partial charge in [-0.1, -0.05) is 29.8 Å². The molecule has 28 heavy (non-hydrogen) atoms. The van der Waals surface area contributed by atoms with Crippen LogP contribution in [0.3, 0.4) is 0 Å². The summed E-state index contributed by atoms with van der Waals surface area (Å²) in [5.74, 6) is 1.23. The molecule has 0 atom stereocenters. The second kappa shape index (κ2) is 9.14. The van der Waals surface area contributed by atoms with Crippen molar-refractivity contribution in [1.82, 2.24) is 24.8 Å². The van der Waals surface area contributed by atoms with Crippen LogP contribution in [0.2, 0.25) is 5.02 Å². The monoisotopic (exact) mass is 396 g/mol. The highest BCUT2D eigenvalue weighted by atomic mass is 35.5. The van der Waals surface area contributed by atoms with Gasteiger partial charge in [-0.15, -0.1) is 0 Å². The first-order valence-corrected chi connectivity index (χ1v) is 9.19. The lowest BCUT2D eigenvalue weighted by molar-refractivity contribution is -0.116. The first-order chi connectivity index (χ1) is 13.5. The number of hydrogen-bond acceptors (Lipinski definition) is 5. The maximum Gasteiger partial charge on any atom is 0.244 e. The number of rotatable bonds is 7. The number of benzene rings is 1. The molecule has 3 rings (SSSR count). The van der Waals surface area contributed by atoms with Crippen LogP contribution in [0, 0.1) is 13.8 Å². The van der Waals surface area contributed by atoms with Crippen LogP contribution in [0.15, 0.2) is 49.1 Å². The molecule has 2 aromatic heterocycles. The quantitative estimate of drug-likeness (QED) is 0.473. The third-order valence-corrected chi connectivity index (χ3v) is 4.55. The van der Waals surface area contributed by atoms with Crippen LogP contribution in [0.5, 0.6) is 0 Å². The number of anilines is 1. The van der Waals surface area contributed by atoms with E-state index in [1.807, 2.05) is 42.7 Å². The van der Waals surface area contributed by atoms with Gasteiger partial charge in [0.25, 0.3) is 0 Å². The Kier molecular flexibility index (Phi) is 6.39. The van der Waals surface area contributed by atoms with Crippen molar-refractivity contribution in [2.24, 2.45) is 0 Å². The van der Waals surface area contributed by atoms with Gasteiger partial charge < -0.3 is 10.6 Å². The highest BCUT2D eigenvalue weighted by Crippen LogP contribution is 2.16. The third kappa shape index (κ3) is 4.95. The van der Waals surface area contributed by atoms with Crippen molar-refractivity contribution in [1.29, 1.82) is 0 Å². The molecule has 0 saturated carbocycles. The molecule has 7 nitrogen and oxygen atoms in total. The largest absolute Gasteiger partial charge is 0.368 e. The van der Waals surface area contributed by atoms with Gasteiger partial charge in [-0.2, -0.15) is 0 Å². The number of carbonyl (C=O) groups is 1. The molecule has 3 aromatic rings. The fourth-order valence-electron chi connectivity index (χ4n) is 2.52. The van der Waals surface area contributed by atoms with E-state index in [1.165, 1.54) is 12.4 Å². The summed E-state index contributed by atoms with van der Waals surface area (Å²) in [4.78, 5) is 24.7. The number of halogens is 1. The average Bonchev–Trinajstić information content (AvgIpc) is 3.03. The second-order valence-corrected chi connectivity index (χ2v) is 6.53. The predicted octanol–water partition coefficient (Wildman–Crippen LogP) is 3.17. The van der Waals surface area contributed by atoms with Gasteiger partial charge in [0.15, 0.2) is 0 Å². The van der Waals surface area contributed by atoms with Crippen LogP contribution in [0.1, 0.15) is 17.0 Å². The number of imidazole rings is 1. The Hall–Kier alpha value is -3.19. The Morgan fingerprint density at radius 2 is 2.00 bits per heavy atom. The Labute approximate surface area is 168 Å². The van der Waals surface area contributed by atoms with Crippen molar-refractivity contribution in [3.63, 3.8) is 0 Å². The second-order valence-electron chi connectivity index (χ2n) is 6.12. The van der Waals surface area contributed by atoms with Gasteiger partial charge in [0.2, 0.25) is 5.91 Å². The van der Waals surface area contributed by atoms with Crippen LogP contribution in [-0.2, 0) is 4.79 Å². The van der Waals surface area contributed by atoms with Crippen molar-refractivity contribution in [3.8, 4) is 5.82 Å². The standard InChI is InChI=1S/C20H21ClN6O/c1-14-15(2)27(13-26-14)19-11-18(24-12-25-19)22-9-10-23-20(28)8-7-16-5-3-4-6-17(16)21/h3-8,11-13H,9-10H2,1-2H3,(H,23,28)(H,22,24,25)/b8-7+. The third-order valence-electron chi connectivity index (χ3n) is 4.20. The molecule has 1 aromatic carbocycles. The zero-order chi connectivity index (χ0) is 19.9. The Balaban J connectivity index is 1.49. The van der Waals surface area contributed by atoms with Crippen molar-refractivity contribution >= 4 is 29.4 Å². The molecule has 0 aliphatic carbocycles. The highest BCUT2D eigenvalue weighted by Gasteiger charge is 2.06. The highest BCUT2D eigenvalue weighted by molar-refractivity contribution is 6.32. The van der Waals surface area contributed by atoms with E-state index < -0.39 is 0 Å². The normalized spacial score (nSPS) is 11.0. The average molecular weight is 397 g/mol. The molecule has 1 amide bonds. The first-order valence-electron chi connectivity index (χ1n) is 8.82. The molecule has 0 saturated heterocycles. The summed E-state index contributed by atoms with van der Waals surface area (Å²) < 4.78 is 1.91. The first kappa shape index (κ1) is 19.6. The van der Waals surface area contributed by atoms with Crippen molar-refractivity contribution < 1.29 is 4.79 Å². The van der Waals surface area contributed by atoms with Crippen molar-refractivity contribution in [2.45, 2.75) is 13.8 Å². The maximum absolute atomic E-state index is 11.9. The summed E-state index contributed by atoms with van der Waals surface area (Å²) in [5, 5.41) is 6.59. The van der Waals surface area contributed by atoms with Crippen molar-refractivity contribution in [2.75, 3.05) is 18.4 Å². The van der Waals surface area contributed by atoms with Gasteiger partial charge in [-0.05, 0) is 31.6 Å². The zero-order valence-corrected chi connectivity index (χ0v) is 16.4. The molecule has 8 heteroatoms. The minimum Gasteiger partial charge on any atom is -0.368 e. The number of hydrogen-bond donors (Lipinski definition) is 2. The van der Waals surface area contributed by atoms with Gasteiger partial charge in [0.05, 0.1) is 5.69 Å². The summed E-state index contributed by atoms with van der Waals surface area (Å²) in [6.45, 7) is 4.93. The molecule has 144 valence electrons. The molecule has 0 aliphatic heterocycles. The minimum atomic E-state index is -0.186. The van der Waals surface area contributed by atoms with Crippen LogP contribution in [-0.4, -0.2) is 38.5 Å². The molecule has 0 spiro atoms. The van der Waals surface area contributed by atoms with E-state index >= 15 is 0 Å². The zero-order valence-electron chi connectivity index (χ0n) is 15.7. The molecule has 2 N–H and O–H groups in total. The van der Waals surface area contributed by atoms with E-state index in [0.29, 0.717) is 23.9 Å². The summed E-state index contributed by atoms with van der Waals surface area (Å²) in [5.41, 5.74) is 2.79. The lowest BCUT2D eigenvalue weighted by Crippen LogP contribution is -2.27.